The van der Waals surface area contributed by atoms with Crippen LogP contribution in [-0.4, -0.2) is 36.0 Å². The Bertz CT molecular complexity index is 577. The molecule has 0 saturated heterocycles. The summed E-state index contributed by atoms with van der Waals surface area (Å²) >= 11 is 1.15. The first-order chi connectivity index (χ1) is 11.5. The van der Waals surface area contributed by atoms with Crippen molar-refractivity contribution in [1.29, 1.82) is 0 Å². The molecule has 0 spiro atoms. The second-order valence-electron chi connectivity index (χ2n) is 5.51. The normalized spacial score (nSPS) is 12.0. The van der Waals surface area contributed by atoms with Crippen LogP contribution in [0.15, 0.2) is 5.38 Å². The van der Waals surface area contributed by atoms with E-state index in [9.17, 15) is 9.59 Å². The third-order valence-electron chi connectivity index (χ3n) is 3.24. The van der Waals surface area contributed by atoms with E-state index in [0.717, 1.165) is 17.8 Å². The number of thiazole rings is 1. The molecule has 0 aliphatic heterocycles. The maximum Gasteiger partial charge on any atom is 0.357 e. The van der Waals surface area contributed by atoms with E-state index in [-0.39, 0.29) is 36.5 Å². The van der Waals surface area contributed by atoms with Crippen molar-refractivity contribution in [2.45, 2.75) is 46.1 Å². The highest BCUT2D eigenvalue weighted by Crippen LogP contribution is 2.16. The van der Waals surface area contributed by atoms with Crippen LogP contribution in [0.1, 0.15) is 60.3 Å². The number of esters is 1. The van der Waals surface area contributed by atoms with E-state index < -0.39 is 5.97 Å². The molecule has 1 aromatic heterocycles. The molecule has 0 saturated carbocycles. The SMILES string of the molecule is C#CCCCONC(CC(=O)c1nc(C(=O)OCC)cs1)C(C)C. The van der Waals surface area contributed by atoms with Gasteiger partial charge in [0.1, 0.15) is 0 Å². The van der Waals surface area contributed by atoms with Gasteiger partial charge in [0.2, 0.25) is 0 Å². The van der Waals surface area contributed by atoms with E-state index in [4.69, 9.17) is 16.0 Å². The zero-order valence-corrected chi connectivity index (χ0v) is 15.1. The van der Waals surface area contributed by atoms with Crippen LogP contribution in [0.5, 0.6) is 0 Å². The van der Waals surface area contributed by atoms with Crippen LogP contribution in [-0.2, 0) is 9.57 Å². The van der Waals surface area contributed by atoms with Crippen molar-refractivity contribution in [2.75, 3.05) is 13.2 Å². The molecular weight excluding hydrogens is 328 g/mol. The van der Waals surface area contributed by atoms with Gasteiger partial charge in [0.05, 0.1) is 13.2 Å². The number of terminal acetylenes is 1. The Hall–Kier alpha value is -1.75. The predicted molar refractivity (Wildman–Crippen MR) is 92.8 cm³/mol. The topological polar surface area (TPSA) is 77.5 Å². The van der Waals surface area contributed by atoms with Crippen molar-refractivity contribution >= 4 is 23.1 Å². The smallest absolute Gasteiger partial charge is 0.357 e. The molecular formula is C17H24N2O4S. The van der Waals surface area contributed by atoms with E-state index in [1.54, 1.807) is 12.3 Å². The summed E-state index contributed by atoms with van der Waals surface area (Å²) in [5, 5.41) is 1.84. The number of nitrogens with one attached hydrogen (secondary N) is 1. The Labute approximate surface area is 146 Å². The molecule has 132 valence electrons. The summed E-state index contributed by atoms with van der Waals surface area (Å²) in [7, 11) is 0. The van der Waals surface area contributed by atoms with Crippen molar-refractivity contribution in [3.63, 3.8) is 0 Å². The molecule has 1 atom stereocenters. The Kier molecular flexibility index (Phi) is 9.23. The van der Waals surface area contributed by atoms with Gasteiger partial charge in [0.15, 0.2) is 16.5 Å². The Balaban J connectivity index is 2.56. The Morgan fingerprint density at radius 2 is 2.21 bits per heavy atom. The Morgan fingerprint density at radius 3 is 2.83 bits per heavy atom. The van der Waals surface area contributed by atoms with E-state index in [1.165, 1.54) is 0 Å². The lowest BCUT2D eigenvalue weighted by Gasteiger charge is -2.20. The van der Waals surface area contributed by atoms with Crippen LogP contribution < -0.4 is 5.48 Å². The molecule has 0 radical (unpaired) electrons. The number of hydrogen-bond acceptors (Lipinski definition) is 7. The number of hydrogen-bond donors (Lipinski definition) is 1. The van der Waals surface area contributed by atoms with Gasteiger partial charge in [-0.2, -0.15) is 5.48 Å². The van der Waals surface area contributed by atoms with Gasteiger partial charge in [0.25, 0.3) is 0 Å². The molecule has 1 N–H and O–H groups in total. The maximum absolute atomic E-state index is 12.4. The van der Waals surface area contributed by atoms with Gasteiger partial charge < -0.3 is 9.57 Å². The molecule has 1 rings (SSSR count). The van der Waals surface area contributed by atoms with Crippen LogP contribution in [0.2, 0.25) is 0 Å². The highest BCUT2D eigenvalue weighted by Gasteiger charge is 2.22. The zero-order chi connectivity index (χ0) is 17.9. The number of carbonyl (C=O) groups excluding carboxylic acids is 2. The molecule has 0 bridgehead atoms. The zero-order valence-electron chi connectivity index (χ0n) is 14.3. The lowest BCUT2D eigenvalue weighted by atomic mass is 10.00. The van der Waals surface area contributed by atoms with Gasteiger partial charge in [0, 0.05) is 24.3 Å². The molecule has 0 amide bonds. The number of carbonyl (C=O) groups is 2. The van der Waals surface area contributed by atoms with E-state index in [2.05, 4.69) is 16.4 Å². The van der Waals surface area contributed by atoms with Crippen molar-refractivity contribution in [1.82, 2.24) is 10.5 Å². The molecule has 1 heterocycles. The highest BCUT2D eigenvalue weighted by molar-refractivity contribution is 7.11. The standard InChI is InChI=1S/C17H24N2O4S/c1-5-7-8-9-23-19-13(12(3)4)10-15(20)16-18-14(11-24-16)17(21)22-6-2/h1,11-13,19H,6-10H2,2-4H3. The van der Waals surface area contributed by atoms with E-state index in [1.807, 2.05) is 13.8 Å². The summed E-state index contributed by atoms with van der Waals surface area (Å²) in [6.45, 7) is 6.49. The van der Waals surface area contributed by atoms with Gasteiger partial charge in [-0.25, -0.2) is 9.78 Å². The largest absolute Gasteiger partial charge is 0.461 e. The lowest BCUT2D eigenvalue weighted by Crippen LogP contribution is -2.36. The minimum Gasteiger partial charge on any atom is -0.461 e. The second-order valence-corrected chi connectivity index (χ2v) is 6.37. The van der Waals surface area contributed by atoms with Gasteiger partial charge in [-0.3, -0.25) is 4.79 Å². The van der Waals surface area contributed by atoms with Gasteiger partial charge in [-0.05, 0) is 19.3 Å². The third-order valence-corrected chi connectivity index (χ3v) is 4.12. The number of rotatable bonds is 11. The fraction of sp³-hybridized carbons (Fsp3) is 0.588. The first-order valence-corrected chi connectivity index (χ1v) is 8.84. The summed E-state index contributed by atoms with van der Waals surface area (Å²) in [5.74, 6) is 2.10. The number of ether oxygens (including phenoxy) is 1. The predicted octanol–water partition coefficient (Wildman–Crippen LogP) is 2.85. The molecule has 7 heteroatoms. The molecule has 0 aromatic carbocycles. The monoisotopic (exact) mass is 352 g/mol. The van der Waals surface area contributed by atoms with Crippen LogP contribution in [0.4, 0.5) is 0 Å². The molecule has 1 aromatic rings. The highest BCUT2D eigenvalue weighted by atomic mass is 32.1. The van der Waals surface area contributed by atoms with Gasteiger partial charge in [-0.1, -0.05) is 13.8 Å². The number of ketones is 1. The fourth-order valence-corrected chi connectivity index (χ4v) is 2.55. The number of unbranched alkanes of at least 4 members (excludes halogenated alkanes) is 1. The summed E-state index contributed by atoms with van der Waals surface area (Å²) in [5.41, 5.74) is 3.10. The number of hydroxylamine groups is 1. The average Bonchev–Trinajstić information content (AvgIpc) is 3.03. The van der Waals surface area contributed by atoms with Crippen molar-refractivity contribution < 1.29 is 19.2 Å². The fourth-order valence-electron chi connectivity index (χ4n) is 1.81. The van der Waals surface area contributed by atoms with Gasteiger partial charge >= 0.3 is 5.97 Å². The molecule has 1 unspecified atom stereocenters. The molecule has 0 aliphatic carbocycles. The number of Topliss-reactive ketones (excluding diaryl/α,β-unsaturated/α-hetero) is 1. The van der Waals surface area contributed by atoms with Gasteiger partial charge in [-0.15, -0.1) is 23.7 Å². The van der Waals surface area contributed by atoms with Crippen LogP contribution >= 0.6 is 11.3 Å². The third kappa shape index (κ3) is 6.79. The van der Waals surface area contributed by atoms with E-state index >= 15 is 0 Å². The first kappa shape index (κ1) is 20.3. The van der Waals surface area contributed by atoms with Crippen molar-refractivity contribution in [3.8, 4) is 12.3 Å². The maximum atomic E-state index is 12.4. The van der Waals surface area contributed by atoms with E-state index in [0.29, 0.717) is 18.0 Å². The quantitative estimate of drug-likeness (QED) is 0.217. The summed E-state index contributed by atoms with van der Waals surface area (Å²) in [6, 6.07) is -0.140. The Morgan fingerprint density at radius 1 is 1.46 bits per heavy atom. The van der Waals surface area contributed by atoms with Crippen molar-refractivity contribution in [2.24, 2.45) is 5.92 Å². The minimum absolute atomic E-state index is 0.131. The minimum atomic E-state index is -0.511. The summed E-state index contributed by atoms with van der Waals surface area (Å²) in [4.78, 5) is 33.4. The van der Waals surface area contributed by atoms with Crippen LogP contribution in [0.25, 0.3) is 0 Å². The molecule has 6 nitrogen and oxygen atoms in total. The second kappa shape index (κ2) is 10.9. The molecule has 0 fully saturated rings. The first-order valence-electron chi connectivity index (χ1n) is 7.96. The summed E-state index contributed by atoms with van der Waals surface area (Å²) in [6.07, 6.45) is 6.84. The van der Waals surface area contributed by atoms with Crippen LogP contribution in [0.3, 0.4) is 0 Å². The average molecular weight is 352 g/mol. The number of aromatic nitrogens is 1. The lowest BCUT2D eigenvalue weighted by molar-refractivity contribution is 0.00283. The van der Waals surface area contributed by atoms with Crippen LogP contribution in [0, 0.1) is 18.3 Å². The number of nitrogens with zero attached hydrogens (tertiary/aromatic N) is 1. The molecule has 0 aliphatic rings. The van der Waals surface area contributed by atoms with Crippen molar-refractivity contribution in [3.05, 3.63) is 16.1 Å². The molecule has 24 heavy (non-hydrogen) atoms. The summed E-state index contributed by atoms with van der Waals surface area (Å²) < 4.78 is 4.87.